The number of benzene rings is 1. The molecule has 152 valence electrons. The van der Waals surface area contributed by atoms with E-state index in [4.69, 9.17) is 0 Å². The molecule has 0 aromatic heterocycles. The summed E-state index contributed by atoms with van der Waals surface area (Å²) in [6.07, 6.45) is 9.46. The highest BCUT2D eigenvalue weighted by atomic mass is 16.6. The van der Waals surface area contributed by atoms with Gasteiger partial charge in [-0.1, -0.05) is 12.8 Å². The molecule has 0 radical (unpaired) electrons. The van der Waals surface area contributed by atoms with Gasteiger partial charge in [-0.25, -0.2) is 0 Å². The molecule has 1 aliphatic heterocycles. The summed E-state index contributed by atoms with van der Waals surface area (Å²) in [5.41, 5.74) is 0.856. The molecule has 4 rings (SSSR count). The SMILES string of the molecule is O=C(NC1CC1)c1ccc(NC2CCN(CC3CCCC3)CC2)c([N+](=O)[O-])c1. The Morgan fingerprint density at radius 3 is 2.43 bits per heavy atom. The molecule has 3 fully saturated rings. The Morgan fingerprint density at radius 1 is 1.07 bits per heavy atom. The number of likely N-dealkylation sites (tertiary alicyclic amines) is 1. The van der Waals surface area contributed by atoms with Crippen LogP contribution in [-0.2, 0) is 0 Å². The molecule has 0 spiro atoms. The molecule has 0 bridgehead atoms. The maximum Gasteiger partial charge on any atom is 0.293 e. The minimum Gasteiger partial charge on any atom is -0.377 e. The van der Waals surface area contributed by atoms with Crippen LogP contribution in [0.15, 0.2) is 18.2 Å². The van der Waals surface area contributed by atoms with Crippen LogP contribution in [0, 0.1) is 16.0 Å². The topological polar surface area (TPSA) is 87.5 Å². The van der Waals surface area contributed by atoms with E-state index in [2.05, 4.69) is 15.5 Å². The monoisotopic (exact) mass is 386 g/mol. The van der Waals surface area contributed by atoms with Gasteiger partial charge in [0.25, 0.3) is 11.6 Å². The van der Waals surface area contributed by atoms with Crippen molar-refractivity contribution in [1.82, 2.24) is 10.2 Å². The van der Waals surface area contributed by atoms with E-state index >= 15 is 0 Å². The van der Waals surface area contributed by atoms with Crippen LogP contribution in [0.5, 0.6) is 0 Å². The Balaban J connectivity index is 1.34. The summed E-state index contributed by atoms with van der Waals surface area (Å²) in [5.74, 6) is 0.636. The standard InChI is InChI=1S/C21H30N4O3/c26-21(23-17-6-7-17)16-5-8-19(20(13-16)25(27)28)22-18-9-11-24(12-10-18)14-15-3-1-2-4-15/h5,8,13,15,17-18,22H,1-4,6-7,9-12,14H2,(H,23,26). The van der Waals surface area contributed by atoms with E-state index in [-0.39, 0.29) is 23.7 Å². The van der Waals surface area contributed by atoms with Crippen LogP contribution < -0.4 is 10.6 Å². The Bertz CT molecular complexity index is 720. The lowest BCUT2D eigenvalue weighted by atomic mass is 10.0. The first kappa shape index (κ1) is 19.2. The number of carbonyl (C=O) groups excluding carboxylic acids is 1. The van der Waals surface area contributed by atoms with E-state index in [0.29, 0.717) is 11.3 Å². The Labute approximate surface area is 166 Å². The van der Waals surface area contributed by atoms with E-state index in [1.165, 1.54) is 38.3 Å². The third-order valence-electron chi connectivity index (χ3n) is 6.31. The van der Waals surface area contributed by atoms with Crippen molar-refractivity contribution in [3.05, 3.63) is 33.9 Å². The van der Waals surface area contributed by atoms with Crippen molar-refractivity contribution in [3.8, 4) is 0 Å². The zero-order valence-corrected chi connectivity index (χ0v) is 16.4. The number of hydrogen-bond donors (Lipinski definition) is 2. The summed E-state index contributed by atoms with van der Waals surface area (Å²) in [6, 6.07) is 5.24. The molecule has 2 aliphatic carbocycles. The van der Waals surface area contributed by atoms with Crippen molar-refractivity contribution in [2.24, 2.45) is 5.92 Å². The van der Waals surface area contributed by atoms with Gasteiger partial charge in [0.2, 0.25) is 0 Å². The Hall–Kier alpha value is -2.15. The van der Waals surface area contributed by atoms with Crippen LogP contribution in [0.3, 0.4) is 0 Å². The van der Waals surface area contributed by atoms with Gasteiger partial charge in [0.15, 0.2) is 0 Å². The summed E-state index contributed by atoms with van der Waals surface area (Å²) in [7, 11) is 0. The van der Waals surface area contributed by atoms with Crippen LogP contribution >= 0.6 is 0 Å². The molecule has 7 heteroatoms. The predicted molar refractivity (Wildman–Crippen MR) is 109 cm³/mol. The maximum atomic E-state index is 12.2. The second kappa shape index (κ2) is 8.47. The van der Waals surface area contributed by atoms with Crippen LogP contribution in [0.2, 0.25) is 0 Å². The number of amides is 1. The van der Waals surface area contributed by atoms with Gasteiger partial charge in [-0.15, -0.1) is 0 Å². The van der Waals surface area contributed by atoms with E-state index in [9.17, 15) is 14.9 Å². The first-order chi connectivity index (χ1) is 13.6. The number of carbonyl (C=O) groups is 1. The van der Waals surface area contributed by atoms with Crippen molar-refractivity contribution < 1.29 is 9.72 Å². The lowest BCUT2D eigenvalue weighted by Crippen LogP contribution is -2.41. The molecular formula is C21H30N4O3. The molecule has 1 aromatic carbocycles. The highest BCUT2D eigenvalue weighted by molar-refractivity contribution is 5.96. The minimum atomic E-state index is -0.397. The second-order valence-electron chi connectivity index (χ2n) is 8.61. The largest absolute Gasteiger partial charge is 0.377 e. The van der Waals surface area contributed by atoms with Crippen molar-refractivity contribution >= 4 is 17.3 Å². The fraction of sp³-hybridized carbons (Fsp3) is 0.667. The quantitative estimate of drug-likeness (QED) is 0.553. The maximum absolute atomic E-state index is 12.2. The average molecular weight is 386 g/mol. The fourth-order valence-corrected chi connectivity index (χ4v) is 4.48. The average Bonchev–Trinajstić information content (AvgIpc) is 3.35. The molecule has 1 saturated heterocycles. The number of nitrogens with zero attached hydrogens (tertiary/aromatic N) is 2. The van der Waals surface area contributed by atoms with Crippen LogP contribution in [0.25, 0.3) is 0 Å². The van der Waals surface area contributed by atoms with Crippen LogP contribution in [0.1, 0.15) is 61.7 Å². The van der Waals surface area contributed by atoms with Gasteiger partial charge in [-0.3, -0.25) is 14.9 Å². The highest BCUT2D eigenvalue weighted by Gasteiger charge is 2.27. The summed E-state index contributed by atoms with van der Waals surface area (Å²) in [5, 5.41) is 17.8. The zero-order chi connectivity index (χ0) is 19.5. The normalized spacial score (nSPS) is 21.6. The molecule has 0 unspecified atom stereocenters. The molecule has 2 N–H and O–H groups in total. The first-order valence-corrected chi connectivity index (χ1v) is 10.7. The van der Waals surface area contributed by atoms with Crippen LogP contribution in [0.4, 0.5) is 11.4 Å². The number of rotatable bonds is 7. The molecule has 1 aromatic rings. The van der Waals surface area contributed by atoms with Gasteiger partial charge in [-0.05, 0) is 56.6 Å². The van der Waals surface area contributed by atoms with Gasteiger partial charge in [0.05, 0.1) is 4.92 Å². The lowest BCUT2D eigenvalue weighted by molar-refractivity contribution is -0.384. The molecule has 2 saturated carbocycles. The number of nitrogens with one attached hydrogen (secondary N) is 2. The van der Waals surface area contributed by atoms with Gasteiger partial charge in [-0.2, -0.15) is 0 Å². The van der Waals surface area contributed by atoms with Gasteiger partial charge in [0, 0.05) is 43.3 Å². The summed E-state index contributed by atoms with van der Waals surface area (Å²) >= 11 is 0. The summed E-state index contributed by atoms with van der Waals surface area (Å²) in [6.45, 7) is 3.30. The summed E-state index contributed by atoms with van der Waals surface area (Å²) < 4.78 is 0. The van der Waals surface area contributed by atoms with E-state index in [1.54, 1.807) is 12.1 Å². The highest BCUT2D eigenvalue weighted by Crippen LogP contribution is 2.30. The van der Waals surface area contributed by atoms with Crippen LogP contribution in [-0.4, -0.2) is 47.4 Å². The van der Waals surface area contributed by atoms with Gasteiger partial charge in [0.1, 0.15) is 5.69 Å². The van der Waals surface area contributed by atoms with E-state index < -0.39 is 4.92 Å². The summed E-state index contributed by atoms with van der Waals surface area (Å²) in [4.78, 5) is 25.9. The zero-order valence-electron chi connectivity index (χ0n) is 16.4. The van der Waals surface area contributed by atoms with Gasteiger partial charge >= 0.3 is 0 Å². The fourth-order valence-electron chi connectivity index (χ4n) is 4.48. The minimum absolute atomic E-state index is 0.0168. The third kappa shape index (κ3) is 4.82. The number of hydrogen-bond acceptors (Lipinski definition) is 5. The Morgan fingerprint density at radius 2 is 1.79 bits per heavy atom. The smallest absolute Gasteiger partial charge is 0.293 e. The van der Waals surface area contributed by atoms with Crippen molar-refractivity contribution in [3.63, 3.8) is 0 Å². The predicted octanol–water partition coefficient (Wildman–Crippen LogP) is 3.55. The number of piperidine rings is 1. The van der Waals surface area contributed by atoms with E-state index in [1.807, 2.05) is 0 Å². The molecule has 3 aliphatic rings. The number of nitro groups is 1. The van der Waals surface area contributed by atoms with Crippen molar-refractivity contribution in [2.75, 3.05) is 25.0 Å². The molecule has 7 nitrogen and oxygen atoms in total. The van der Waals surface area contributed by atoms with Crippen molar-refractivity contribution in [2.45, 2.75) is 63.5 Å². The molecular weight excluding hydrogens is 356 g/mol. The molecule has 28 heavy (non-hydrogen) atoms. The van der Waals surface area contributed by atoms with Gasteiger partial charge < -0.3 is 15.5 Å². The molecule has 1 heterocycles. The lowest BCUT2D eigenvalue weighted by Gasteiger charge is -2.34. The molecule has 0 atom stereocenters. The third-order valence-corrected chi connectivity index (χ3v) is 6.31. The molecule has 1 amide bonds. The Kier molecular flexibility index (Phi) is 5.80. The second-order valence-corrected chi connectivity index (χ2v) is 8.61. The first-order valence-electron chi connectivity index (χ1n) is 10.7. The van der Waals surface area contributed by atoms with Crippen molar-refractivity contribution in [1.29, 1.82) is 0 Å². The van der Waals surface area contributed by atoms with E-state index in [0.717, 1.165) is 44.7 Å². The number of nitro benzene ring substituents is 1. The number of anilines is 1.